The monoisotopic (exact) mass is 374 g/mol. The van der Waals surface area contributed by atoms with E-state index in [2.05, 4.69) is 0 Å². The second kappa shape index (κ2) is 7.44. The van der Waals surface area contributed by atoms with Gasteiger partial charge in [-0.1, -0.05) is 12.1 Å². The molecule has 1 aromatic carbocycles. The first kappa shape index (κ1) is 17.7. The number of nitrogens with zero attached hydrogens (tertiary/aromatic N) is 2. The molecule has 0 bridgehead atoms. The van der Waals surface area contributed by atoms with Crippen LogP contribution in [0, 0.1) is 17.0 Å². The Morgan fingerprint density at radius 1 is 1.31 bits per heavy atom. The number of aryl methyl sites for hydroxylation is 1. The van der Waals surface area contributed by atoms with Crippen LogP contribution < -0.4 is 4.74 Å². The molecule has 1 aliphatic heterocycles. The van der Waals surface area contributed by atoms with E-state index in [1.54, 1.807) is 6.07 Å². The number of benzene rings is 1. The predicted molar refractivity (Wildman–Crippen MR) is 94.7 cm³/mol. The van der Waals surface area contributed by atoms with Gasteiger partial charge in [0.15, 0.2) is 0 Å². The molecule has 1 aliphatic rings. The number of ether oxygens (including phenoxy) is 1. The van der Waals surface area contributed by atoms with E-state index in [1.807, 2.05) is 25.1 Å². The Morgan fingerprint density at radius 3 is 2.81 bits per heavy atom. The third kappa shape index (κ3) is 3.94. The molecule has 1 fully saturated rings. The number of hydrogen-bond acceptors (Lipinski definition) is 7. The van der Waals surface area contributed by atoms with Gasteiger partial charge in [-0.15, -0.1) is 0 Å². The van der Waals surface area contributed by atoms with Crippen molar-refractivity contribution >= 4 is 34.9 Å². The molecule has 0 spiro atoms. The fraction of sp³-hybridized carbons (Fsp3) is 0.176. The third-order valence-corrected chi connectivity index (χ3v) is 4.42. The van der Waals surface area contributed by atoms with Crippen LogP contribution in [0.15, 0.2) is 45.7 Å². The fourth-order valence-corrected chi connectivity index (χ4v) is 3.14. The van der Waals surface area contributed by atoms with Crippen LogP contribution in [0.3, 0.4) is 0 Å². The van der Waals surface area contributed by atoms with Crippen LogP contribution in [-0.2, 0) is 4.79 Å². The topological polar surface area (TPSA) is 103 Å². The molecule has 1 saturated heterocycles. The highest BCUT2D eigenvalue weighted by molar-refractivity contribution is 8.18. The number of nitro groups is 1. The Hall–Kier alpha value is -3.07. The molecule has 2 amide bonds. The lowest BCUT2D eigenvalue weighted by molar-refractivity contribution is -0.402. The van der Waals surface area contributed by atoms with Crippen LogP contribution in [0.25, 0.3) is 6.08 Å². The van der Waals surface area contributed by atoms with Crippen molar-refractivity contribution in [1.29, 1.82) is 0 Å². The van der Waals surface area contributed by atoms with E-state index in [9.17, 15) is 19.7 Å². The van der Waals surface area contributed by atoms with Crippen molar-refractivity contribution in [1.82, 2.24) is 4.90 Å². The predicted octanol–water partition coefficient (Wildman–Crippen LogP) is 3.61. The number of amides is 2. The van der Waals surface area contributed by atoms with Crippen molar-refractivity contribution in [3.63, 3.8) is 0 Å². The molecular weight excluding hydrogens is 360 g/mol. The summed E-state index contributed by atoms with van der Waals surface area (Å²) in [5, 5.41) is 10.2. The molecule has 2 aromatic rings. The minimum Gasteiger partial charge on any atom is -0.492 e. The number of carbonyl (C=O) groups is 2. The zero-order valence-corrected chi connectivity index (χ0v) is 14.5. The van der Waals surface area contributed by atoms with Crippen molar-refractivity contribution in [2.24, 2.45) is 0 Å². The van der Waals surface area contributed by atoms with Gasteiger partial charge in [0.1, 0.15) is 23.0 Å². The van der Waals surface area contributed by atoms with E-state index >= 15 is 0 Å². The number of imide groups is 1. The molecule has 0 radical (unpaired) electrons. The van der Waals surface area contributed by atoms with Gasteiger partial charge in [0.05, 0.1) is 17.5 Å². The second-order valence-electron chi connectivity index (χ2n) is 5.43. The number of thioether (sulfide) groups is 1. The fourth-order valence-electron chi connectivity index (χ4n) is 2.30. The Labute approximate surface area is 152 Å². The molecule has 0 unspecified atom stereocenters. The number of carbonyl (C=O) groups excluding carboxylic acids is 2. The summed E-state index contributed by atoms with van der Waals surface area (Å²) in [6.45, 7) is 2.21. The maximum absolute atomic E-state index is 12.3. The van der Waals surface area contributed by atoms with E-state index in [0.29, 0.717) is 5.75 Å². The first-order chi connectivity index (χ1) is 12.4. The summed E-state index contributed by atoms with van der Waals surface area (Å²) in [5.41, 5.74) is 1.05. The Balaban J connectivity index is 1.62. The highest BCUT2D eigenvalue weighted by Gasteiger charge is 2.35. The highest BCUT2D eigenvalue weighted by Crippen LogP contribution is 2.32. The largest absolute Gasteiger partial charge is 0.492 e. The van der Waals surface area contributed by atoms with Gasteiger partial charge in [0.25, 0.3) is 11.1 Å². The van der Waals surface area contributed by atoms with E-state index in [1.165, 1.54) is 18.2 Å². The van der Waals surface area contributed by atoms with Crippen LogP contribution in [0.2, 0.25) is 0 Å². The molecule has 3 rings (SSSR count). The van der Waals surface area contributed by atoms with E-state index < -0.39 is 22.0 Å². The van der Waals surface area contributed by atoms with Crippen LogP contribution in [0.4, 0.5) is 10.7 Å². The molecule has 0 N–H and O–H groups in total. The van der Waals surface area contributed by atoms with Gasteiger partial charge in [0.2, 0.25) is 0 Å². The Bertz CT molecular complexity index is 904. The molecule has 2 heterocycles. The lowest BCUT2D eigenvalue weighted by Crippen LogP contribution is -2.32. The average molecular weight is 374 g/mol. The molecule has 1 aromatic heterocycles. The smallest absolute Gasteiger partial charge is 0.433 e. The van der Waals surface area contributed by atoms with Crippen molar-refractivity contribution in [3.8, 4) is 5.75 Å². The van der Waals surface area contributed by atoms with Crippen molar-refractivity contribution in [2.45, 2.75) is 6.92 Å². The van der Waals surface area contributed by atoms with Gasteiger partial charge in [-0.3, -0.25) is 24.6 Å². The van der Waals surface area contributed by atoms with Gasteiger partial charge in [-0.2, -0.15) is 0 Å². The molecular formula is C17H14N2O6S. The van der Waals surface area contributed by atoms with Gasteiger partial charge >= 0.3 is 5.88 Å². The van der Waals surface area contributed by atoms with Gasteiger partial charge in [0, 0.05) is 6.08 Å². The Morgan fingerprint density at radius 2 is 2.12 bits per heavy atom. The van der Waals surface area contributed by atoms with Crippen LogP contribution in [-0.4, -0.2) is 34.1 Å². The van der Waals surface area contributed by atoms with E-state index in [0.717, 1.165) is 22.2 Å². The summed E-state index contributed by atoms with van der Waals surface area (Å²) < 4.78 is 10.5. The van der Waals surface area contributed by atoms with Gasteiger partial charge in [-0.25, -0.2) is 0 Å². The lowest BCUT2D eigenvalue weighted by Gasteiger charge is -2.13. The van der Waals surface area contributed by atoms with E-state index in [4.69, 9.17) is 9.15 Å². The highest BCUT2D eigenvalue weighted by atomic mass is 32.2. The Kier molecular flexibility index (Phi) is 5.08. The summed E-state index contributed by atoms with van der Waals surface area (Å²) in [4.78, 5) is 35.5. The number of rotatable bonds is 6. The number of furan rings is 1. The maximum atomic E-state index is 12.3. The first-order valence-corrected chi connectivity index (χ1v) is 8.45. The molecule has 0 atom stereocenters. The average Bonchev–Trinajstić information content (AvgIpc) is 3.15. The second-order valence-corrected chi connectivity index (χ2v) is 6.42. The molecule has 134 valence electrons. The van der Waals surface area contributed by atoms with Crippen molar-refractivity contribution in [3.05, 3.63) is 62.7 Å². The quantitative estimate of drug-likeness (QED) is 0.432. The van der Waals surface area contributed by atoms with Crippen molar-refractivity contribution in [2.75, 3.05) is 13.2 Å². The maximum Gasteiger partial charge on any atom is 0.433 e. The molecule has 26 heavy (non-hydrogen) atoms. The zero-order chi connectivity index (χ0) is 18.7. The standard InChI is InChI=1S/C17H14N2O6S/c1-11-3-2-4-12(9-11)24-8-7-18-16(20)14(26-17(18)21)10-13-5-6-15(25-13)19(22)23/h2-6,9-10H,7-8H2,1H3/b14-10-. The normalized spacial score (nSPS) is 15.7. The minimum atomic E-state index is -0.675. The molecule has 0 saturated carbocycles. The first-order valence-electron chi connectivity index (χ1n) is 7.63. The summed E-state index contributed by atoms with van der Waals surface area (Å²) >= 11 is 0.756. The molecule has 9 heteroatoms. The summed E-state index contributed by atoms with van der Waals surface area (Å²) in [6, 6.07) is 10.0. The minimum absolute atomic E-state index is 0.105. The number of hydrogen-bond donors (Lipinski definition) is 0. The molecule has 0 aliphatic carbocycles. The summed E-state index contributed by atoms with van der Waals surface area (Å²) in [6.07, 6.45) is 1.32. The van der Waals surface area contributed by atoms with Gasteiger partial charge < -0.3 is 9.15 Å². The SMILES string of the molecule is Cc1cccc(OCCN2C(=O)S/C(=C\c3ccc([N+](=O)[O-])o3)C2=O)c1. The molecule has 8 nitrogen and oxygen atoms in total. The van der Waals surface area contributed by atoms with Crippen LogP contribution in [0.1, 0.15) is 11.3 Å². The van der Waals surface area contributed by atoms with Gasteiger partial charge in [-0.05, 0) is 42.4 Å². The van der Waals surface area contributed by atoms with E-state index in [-0.39, 0.29) is 23.8 Å². The zero-order valence-electron chi connectivity index (χ0n) is 13.7. The summed E-state index contributed by atoms with van der Waals surface area (Å²) in [7, 11) is 0. The third-order valence-electron chi connectivity index (χ3n) is 3.51. The lowest BCUT2D eigenvalue weighted by atomic mass is 10.2. The van der Waals surface area contributed by atoms with Crippen LogP contribution in [0.5, 0.6) is 5.75 Å². The summed E-state index contributed by atoms with van der Waals surface area (Å²) in [5.74, 6) is -0.109. The van der Waals surface area contributed by atoms with Crippen LogP contribution >= 0.6 is 11.8 Å². The van der Waals surface area contributed by atoms with Crippen molar-refractivity contribution < 1.29 is 23.7 Å².